The second-order valence-corrected chi connectivity index (χ2v) is 5.58. The van der Waals surface area contributed by atoms with Gasteiger partial charge < -0.3 is 14.8 Å². The van der Waals surface area contributed by atoms with Crippen molar-refractivity contribution in [3.8, 4) is 11.5 Å². The Morgan fingerprint density at radius 3 is 2.67 bits per heavy atom. The first-order valence-corrected chi connectivity index (χ1v) is 7.15. The van der Waals surface area contributed by atoms with E-state index in [2.05, 4.69) is 27.3 Å². The van der Waals surface area contributed by atoms with Crippen LogP contribution in [0, 0.1) is 5.92 Å². The average Bonchev–Trinajstić information content (AvgIpc) is 3.18. The highest BCUT2D eigenvalue weighted by Crippen LogP contribution is 2.36. The molecule has 1 aliphatic carbocycles. The molecule has 0 spiro atoms. The molecule has 1 aromatic carbocycles. The van der Waals surface area contributed by atoms with Crippen molar-refractivity contribution in [2.24, 2.45) is 5.92 Å². The Kier molecular flexibility index (Phi) is 4.89. The number of halogens is 1. The van der Waals surface area contributed by atoms with Crippen LogP contribution in [0.5, 0.6) is 11.5 Å². The molecule has 0 radical (unpaired) electrons. The summed E-state index contributed by atoms with van der Waals surface area (Å²) in [7, 11) is 3.31. The van der Waals surface area contributed by atoms with Crippen LogP contribution in [0.1, 0.15) is 24.8 Å². The second-order valence-electron chi connectivity index (χ2n) is 4.72. The number of benzene rings is 1. The molecule has 0 unspecified atom stereocenters. The van der Waals surface area contributed by atoms with E-state index < -0.39 is 0 Å². The number of nitrogens with one attached hydrogen (secondary N) is 1. The monoisotopic (exact) mass is 313 g/mol. The molecule has 1 N–H and O–H groups in total. The largest absolute Gasteiger partial charge is 0.493 e. The maximum atomic E-state index is 5.33. The van der Waals surface area contributed by atoms with Crippen molar-refractivity contribution in [1.29, 1.82) is 0 Å². The third-order valence-corrected chi connectivity index (χ3v) is 3.84. The molecule has 0 saturated heterocycles. The van der Waals surface area contributed by atoms with Crippen molar-refractivity contribution >= 4 is 15.9 Å². The van der Waals surface area contributed by atoms with Crippen molar-refractivity contribution in [3.05, 3.63) is 22.2 Å². The zero-order chi connectivity index (χ0) is 13.0. The van der Waals surface area contributed by atoms with Gasteiger partial charge in [-0.15, -0.1) is 0 Å². The summed E-state index contributed by atoms with van der Waals surface area (Å²) in [6.45, 7) is 1.96. The van der Waals surface area contributed by atoms with Gasteiger partial charge in [-0.05, 0) is 52.5 Å². The lowest BCUT2D eigenvalue weighted by Crippen LogP contribution is -2.15. The lowest BCUT2D eigenvalue weighted by atomic mass is 10.2. The van der Waals surface area contributed by atoms with E-state index in [-0.39, 0.29) is 0 Å². The van der Waals surface area contributed by atoms with Crippen LogP contribution in [0.15, 0.2) is 16.6 Å². The van der Waals surface area contributed by atoms with Gasteiger partial charge in [0.05, 0.1) is 18.7 Å². The first-order chi connectivity index (χ1) is 8.74. The Balaban J connectivity index is 1.92. The quantitative estimate of drug-likeness (QED) is 0.783. The molecule has 0 amide bonds. The van der Waals surface area contributed by atoms with E-state index in [9.17, 15) is 0 Å². The fourth-order valence-corrected chi connectivity index (χ4v) is 2.67. The van der Waals surface area contributed by atoms with E-state index in [1.165, 1.54) is 24.8 Å². The molecule has 1 saturated carbocycles. The molecule has 1 aliphatic rings. The van der Waals surface area contributed by atoms with Gasteiger partial charge in [0.2, 0.25) is 0 Å². The molecule has 0 heterocycles. The van der Waals surface area contributed by atoms with Crippen LogP contribution in [0.2, 0.25) is 0 Å². The third kappa shape index (κ3) is 3.62. The zero-order valence-corrected chi connectivity index (χ0v) is 12.5. The predicted octanol–water partition coefficient (Wildman–Crippen LogP) is 3.36. The molecule has 100 valence electrons. The van der Waals surface area contributed by atoms with Crippen LogP contribution in [-0.4, -0.2) is 20.8 Å². The first-order valence-electron chi connectivity index (χ1n) is 6.35. The van der Waals surface area contributed by atoms with E-state index >= 15 is 0 Å². The standard InChI is InChI=1S/C14H20BrNO2/c1-17-13-8-11(7-12(15)14(13)18-2)9-16-6-5-10-3-4-10/h7-8,10,16H,3-6,9H2,1-2H3. The van der Waals surface area contributed by atoms with Crippen molar-refractivity contribution in [1.82, 2.24) is 5.32 Å². The molecular formula is C14H20BrNO2. The fraction of sp³-hybridized carbons (Fsp3) is 0.571. The Hall–Kier alpha value is -0.740. The number of rotatable bonds is 7. The lowest BCUT2D eigenvalue weighted by Gasteiger charge is -2.12. The molecule has 2 rings (SSSR count). The second kappa shape index (κ2) is 6.43. The van der Waals surface area contributed by atoms with Gasteiger partial charge in [0, 0.05) is 6.54 Å². The third-order valence-electron chi connectivity index (χ3n) is 3.25. The molecule has 0 atom stereocenters. The van der Waals surface area contributed by atoms with E-state index in [1.807, 2.05) is 6.07 Å². The molecule has 0 bridgehead atoms. The van der Waals surface area contributed by atoms with Gasteiger partial charge in [0.1, 0.15) is 0 Å². The highest BCUT2D eigenvalue weighted by molar-refractivity contribution is 9.10. The lowest BCUT2D eigenvalue weighted by molar-refractivity contribution is 0.352. The Morgan fingerprint density at radius 2 is 2.06 bits per heavy atom. The van der Waals surface area contributed by atoms with Gasteiger partial charge in [-0.1, -0.05) is 12.8 Å². The smallest absolute Gasteiger partial charge is 0.174 e. The van der Waals surface area contributed by atoms with Crippen molar-refractivity contribution in [3.63, 3.8) is 0 Å². The molecule has 4 heteroatoms. The summed E-state index contributed by atoms with van der Waals surface area (Å²) in [5.41, 5.74) is 1.20. The highest BCUT2D eigenvalue weighted by Gasteiger charge is 2.20. The topological polar surface area (TPSA) is 30.5 Å². The Labute approximate surface area is 117 Å². The summed E-state index contributed by atoms with van der Waals surface area (Å²) in [5.74, 6) is 2.50. The summed E-state index contributed by atoms with van der Waals surface area (Å²) in [6, 6.07) is 4.10. The van der Waals surface area contributed by atoms with Crippen LogP contribution in [0.3, 0.4) is 0 Å². The SMILES string of the molecule is COc1cc(CNCCC2CC2)cc(Br)c1OC. The normalized spacial score (nSPS) is 14.6. The van der Waals surface area contributed by atoms with Crippen LogP contribution in [-0.2, 0) is 6.54 Å². The van der Waals surface area contributed by atoms with E-state index in [0.717, 1.165) is 35.0 Å². The number of ether oxygens (including phenoxy) is 2. The summed E-state index contributed by atoms with van der Waals surface area (Å²) in [4.78, 5) is 0. The summed E-state index contributed by atoms with van der Waals surface area (Å²) in [6.07, 6.45) is 4.14. The minimum Gasteiger partial charge on any atom is -0.493 e. The molecule has 0 aromatic heterocycles. The van der Waals surface area contributed by atoms with E-state index in [1.54, 1.807) is 14.2 Å². The molecule has 1 fully saturated rings. The van der Waals surface area contributed by atoms with Crippen LogP contribution in [0.4, 0.5) is 0 Å². The number of methoxy groups -OCH3 is 2. The van der Waals surface area contributed by atoms with Crippen molar-refractivity contribution < 1.29 is 9.47 Å². The predicted molar refractivity (Wildman–Crippen MR) is 76.3 cm³/mol. The minimum absolute atomic E-state index is 0.749. The summed E-state index contributed by atoms with van der Waals surface area (Å²) in [5, 5.41) is 3.47. The van der Waals surface area contributed by atoms with E-state index in [4.69, 9.17) is 9.47 Å². The van der Waals surface area contributed by atoms with E-state index in [0.29, 0.717) is 0 Å². The van der Waals surface area contributed by atoms with Crippen molar-refractivity contribution in [2.45, 2.75) is 25.8 Å². The van der Waals surface area contributed by atoms with Crippen LogP contribution < -0.4 is 14.8 Å². The van der Waals surface area contributed by atoms with Crippen molar-refractivity contribution in [2.75, 3.05) is 20.8 Å². The molecule has 0 aliphatic heterocycles. The first kappa shape index (κ1) is 13.7. The minimum atomic E-state index is 0.749. The molecule has 3 nitrogen and oxygen atoms in total. The maximum Gasteiger partial charge on any atom is 0.174 e. The summed E-state index contributed by atoms with van der Waals surface area (Å²) < 4.78 is 11.6. The average molecular weight is 314 g/mol. The Bertz CT molecular complexity index is 405. The van der Waals surface area contributed by atoms with Gasteiger partial charge in [-0.25, -0.2) is 0 Å². The molecular weight excluding hydrogens is 294 g/mol. The maximum absolute atomic E-state index is 5.33. The molecule has 1 aromatic rings. The van der Waals surface area contributed by atoms with Gasteiger partial charge in [-0.2, -0.15) is 0 Å². The molecule has 18 heavy (non-hydrogen) atoms. The van der Waals surface area contributed by atoms with Gasteiger partial charge in [0.15, 0.2) is 11.5 Å². The van der Waals surface area contributed by atoms with Crippen LogP contribution in [0.25, 0.3) is 0 Å². The Morgan fingerprint density at radius 1 is 1.28 bits per heavy atom. The zero-order valence-electron chi connectivity index (χ0n) is 11.0. The van der Waals surface area contributed by atoms with Crippen LogP contribution >= 0.6 is 15.9 Å². The fourth-order valence-electron chi connectivity index (χ4n) is 2.02. The number of hydrogen-bond donors (Lipinski definition) is 1. The highest BCUT2D eigenvalue weighted by atomic mass is 79.9. The van der Waals surface area contributed by atoms with Gasteiger partial charge >= 0.3 is 0 Å². The van der Waals surface area contributed by atoms with Gasteiger partial charge in [-0.3, -0.25) is 0 Å². The summed E-state index contributed by atoms with van der Waals surface area (Å²) >= 11 is 3.51. The number of hydrogen-bond acceptors (Lipinski definition) is 3. The van der Waals surface area contributed by atoms with Gasteiger partial charge in [0.25, 0.3) is 0 Å².